The van der Waals surface area contributed by atoms with E-state index in [0.717, 1.165) is 36.1 Å². The zero-order valence-electron chi connectivity index (χ0n) is 11.3. The number of rotatable bonds is 2. The molecule has 108 valence electrons. The number of para-hydroxylation sites is 2. The lowest BCUT2D eigenvalue weighted by Crippen LogP contribution is -2.43. The van der Waals surface area contributed by atoms with Gasteiger partial charge < -0.3 is 20.1 Å². The molecule has 2 N–H and O–H groups in total. The molecule has 0 saturated carbocycles. The van der Waals surface area contributed by atoms with Crippen molar-refractivity contribution in [3.63, 3.8) is 0 Å². The van der Waals surface area contributed by atoms with E-state index >= 15 is 0 Å². The summed E-state index contributed by atoms with van der Waals surface area (Å²) in [4.78, 5) is 6.58. The molecular formula is C14H19N3O2S. The van der Waals surface area contributed by atoms with Crippen LogP contribution in [0.1, 0.15) is 0 Å². The molecule has 0 amide bonds. The summed E-state index contributed by atoms with van der Waals surface area (Å²) in [5, 5.41) is 0. The monoisotopic (exact) mass is 293 g/mol. The predicted molar refractivity (Wildman–Crippen MR) is 81.7 cm³/mol. The summed E-state index contributed by atoms with van der Waals surface area (Å²) < 4.78 is 11.5. The quantitative estimate of drug-likeness (QED) is 0.655. The van der Waals surface area contributed by atoms with Crippen molar-refractivity contribution in [3.05, 3.63) is 24.3 Å². The van der Waals surface area contributed by atoms with Crippen LogP contribution < -0.4 is 15.2 Å². The molecule has 3 rings (SSSR count). The number of aliphatic imine (C=N–C) groups is 1. The fourth-order valence-corrected chi connectivity index (χ4v) is 3.14. The molecule has 1 unspecified atom stereocenters. The fraction of sp³-hybridized carbons (Fsp3) is 0.500. The number of hydrogen-bond donors (Lipinski definition) is 1. The zero-order chi connectivity index (χ0) is 13.8. The summed E-state index contributed by atoms with van der Waals surface area (Å²) in [6.07, 6.45) is -0.0670. The van der Waals surface area contributed by atoms with Crippen LogP contribution in [0.2, 0.25) is 0 Å². The van der Waals surface area contributed by atoms with E-state index in [2.05, 4.69) is 9.89 Å². The van der Waals surface area contributed by atoms with Gasteiger partial charge in [-0.2, -0.15) is 11.8 Å². The molecule has 1 fully saturated rings. The van der Waals surface area contributed by atoms with Crippen LogP contribution in [-0.2, 0) is 0 Å². The summed E-state index contributed by atoms with van der Waals surface area (Å²) in [5.74, 6) is 4.44. The highest BCUT2D eigenvalue weighted by Gasteiger charge is 2.20. The van der Waals surface area contributed by atoms with Gasteiger partial charge in [0.1, 0.15) is 6.61 Å². The maximum atomic E-state index is 6.03. The number of ether oxygens (including phenoxy) is 2. The number of guanidine groups is 1. The summed E-state index contributed by atoms with van der Waals surface area (Å²) in [6.45, 7) is 3.00. The Balaban J connectivity index is 1.56. The molecule has 6 heteroatoms. The molecule has 1 aromatic carbocycles. The Kier molecular flexibility index (Phi) is 4.20. The second-order valence-electron chi connectivity index (χ2n) is 4.80. The van der Waals surface area contributed by atoms with Gasteiger partial charge in [-0.1, -0.05) is 12.1 Å². The lowest BCUT2D eigenvalue weighted by atomic mass is 10.2. The topological polar surface area (TPSA) is 60.1 Å². The van der Waals surface area contributed by atoms with E-state index < -0.39 is 0 Å². The third-order valence-corrected chi connectivity index (χ3v) is 4.30. The highest BCUT2D eigenvalue weighted by Crippen LogP contribution is 2.30. The standard InChI is InChI=1S/C14H19N3O2S/c15-14(17-5-7-20-8-6-17)16-9-11-10-18-12-3-1-2-4-13(12)19-11/h1-4,11H,5-10H2,(H2,15,16). The smallest absolute Gasteiger partial charge is 0.191 e. The Bertz CT molecular complexity index is 489. The normalized spacial score (nSPS) is 22.7. The molecule has 0 spiro atoms. The molecule has 1 atom stereocenters. The average Bonchev–Trinajstić information content (AvgIpc) is 2.53. The largest absolute Gasteiger partial charge is 0.486 e. The minimum absolute atomic E-state index is 0.0670. The van der Waals surface area contributed by atoms with Crippen LogP contribution in [0.3, 0.4) is 0 Å². The highest BCUT2D eigenvalue weighted by atomic mass is 32.2. The van der Waals surface area contributed by atoms with Crippen molar-refractivity contribution >= 4 is 17.7 Å². The van der Waals surface area contributed by atoms with Crippen LogP contribution in [-0.4, -0.2) is 54.7 Å². The van der Waals surface area contributed by atoms with Gasteiger partial charge in [0, 0.05) is 24.6 Å². The third kappa shape index (κ3) is 3.12. The molecule has 1 saturated heterocycles. The minimum Gasteiger partial charge on any atom is -0.486 e. The van der Waals surface area contributed by atoms with E-state index in [1.807, 2.05) is 36.0 Å². The first-order valence-corrected chi connectivity index (χ1v) is 7.99. The van der Waals surface area contributed by atoms with Gasteiger partial charge in [-0.3, -0.25) is 0 Å². The van der Waals surface area contributed by atoms with Crippen molar-refractivity contribution < 1.29 is 9.47 Å². The summed E-state index contributed by atoms with van der Waals surface area (Å²) in [5.41, 5.74) is 6.03. The first kappa shape index (κ1) is 13.4. The number of nitrogens with zero attached hydrogens (tertiary/aromatic N) is 2. The van der Waals surface area contributed by atoms with Crippen LogP contribution in [0.4, 0.5) is 0 Å². The molecule has 20 heavy (non-hydrogen) atoms. The number of fused-ring (bicyclic) bond motifs is 1. The molecule has 1 aromatic rings. The Morgan fingerprint density at radius 3 is 2.85 bits per heavy atom. The number of hydrogen-bond acceptors (Lipinski definition) is 4. The average molecular weight is 293 g/mol. The van der Waals surface area contributed by atoms with Crippen LogP contribution >= 0.6 is 11.8 Å². The summed E-state index contributed by atoms with van der Waals surface area (Å²) >= 11 is 1.96. The van der Waals surface area contributed by atoms with Crippen molar-refractivity contribution in [2.24, 2.45) is 10.7 Å². The van der Waals surface area contributed by atoms with Gasteiger partial charge in [-0.05, 0) is 12.1 Å². The minimum atomic E-state index is -0.0670. The van der Waals surface area contributed by atoms with E-state index in [1.165, 1.54) is 0 Å². The number of benzene rings is 1. The first-order valence-electron chi connectivity index (χ1n) is 6.84. The third-order valence-electron chi connectivity index (χ3n) is 3.36. The molecule has 0 aromatic heterocycles. The van der Waals surface area contributed by atoms with Crippen LogP contribution in [0.5, 0.6) is 11.5 Å². The molecule has 0 aliphatic carbocycles. The zero-order valence-corrected chi connectivity index (χ0v) is 12.1. The van der Waals surface area contributed by atoms with E-state index in [1.54, 1.807) is 0 Å². The Labute approximate surface area is 123 Å². The van der Waals surface area contributed by atoms with Crippen LogP contribution in [0, 0.1) is 0 Å². The van der Waals surface area contributed by atoms with Crippen LogP contribution in [0.15, 0.2) is 29.3 Å². The van der Waals surface area contributed by atoms with E-state index in [9.17, 15) is 0 Å². The molecule has 2 aliphatic heterocycles. The SMILES string of the molecule is NC(=NCC1COc2ccccc2O1)N1CCSCC1. The predicted octanol–water partition coefficient (Wildman–Crippen LogP) is 1.19. The van der Waals surface area contributed by atoms with Gasteiger partial charge in [0.25, 0.3) is 0 Å². The lowest BCUT2D eigenvalue weighted by molar-refractivity contribution is 0.0970. The molecule has 5 nitrogen and oxygen atoms in total. The van der Waals surface area contributed by atoms with E-state index in [-0.39, 0.29) is 6.10 Å². The summed E-state index contributed by atoms with van der Waals surface area (Å²) in [7, 11) is 0. The van der Waals surface area contributed by atoms with Crippen LogP contribution in [0.25, 0.3) is 0 Å². The maximum Gasteiger partial charge on any atom is 0.191 e. The Morgan fingerprint density at radius 2 is 2.05 bits per heavy atom. The first-order chi connectivity index (χ1) is 9.83. The number of nitrogens with two attached hydrogens (primary N) is 1. The Hall–Kier alpha value is -1.56. The van der Waals surface area contributed by atoms with E-state index in [0.29, 0.717) is 19.1 Å². The molecule has 2 aliphatic rings. The van der Waals surface area contributed by atoms with Gasteiger partial charge in [0.05, 0.1) is 6.54 Å². The second kappa shape index (κ2) is 6.26. The molecule has 0 bridgehead atoms. The van der Waals surface area contributed by atoms with Gasteiger partial charge in [0.15, 0.2) is 23.6 Å². The fourth-order valence-electron chi connectivity index (χ4n) is 2.24. The number of thioether (sulfide) groups is 1. The molecule has 2 heterocycles. The van der Waals surface area contributed by atoms with Crippen molar-refractivity contribution in [3.8, 4) is 11.5 Å². The molecule has 0 radical (unpaired) electrons. The maximum absolute atomic E-state index is 6.03. The summed E-state index contributed by atoms with van der Waals surface area (Å²) in [6, 6.07) is 7.70. The Morgan fingerprint density at radius 1 is 1.30 bits per heavy atom. The van der Waals surface area contributed by atoms with Gasteiger partial charge in [-0.15, -0.1) is 0 Å². The highest BCUT2D eigenvalue weighted by molar-refractivity contribution is 7.99. The van der Waals surface area contributed by atoms with Gasteiger partial charge in [0.2, 0.25) is 0 Å². The molecular weight excluding hydrogens is 274 g/mol. The second-order valence-corrected chi connectivity index (χ2v) is 6.02. The van der Waals surface area contributed by atoms with E-state index in [4.69, 9.17) is 15.2 Å². The van der Waals surface area contributed by atoms with Crippen molar-refractivity contribution in [1.29, 1.82) is 0 Å². The van der Waals surface area contributed by atoms with Gasteiger partial charge >= 0.3 is 0 Å². The van der Waals surface area contributed by atoms with Gasteiger partial charge in [-0.25, -0.2) is 4.99 Å². The van der Waals surface area contributed by atoms with Crippen molar-refractivity contribution in [1.82, 2.24) is 4.90 Å². The van der Waals surface area contributed by atoms with Crippen molar-refractivity contribution in [2.75, 3.05) is 37.7 Å². The lowest BCUT2D eigenvalue weighted by Gasteiger charge is -2.28. The van der Waals surface area contributed by atoms with Crippen molar-refractivity contribution in [2.45, 2.75) is 6.10 Å².